The zero-order valence-electron chi connectivity index (χ0n) is 5.96. The van der Waals surface area contributed by atoms with Crippen molar-refractivity contribution in [2.45, 2.75) is 13.3 Å². The van der Waals surface area contributed by atoms with Crippen LogP contribution in [0.1, 0.15) is 6.92 Å². The number of hydrogen-bond donors (Lipinski definition) is 2. The third-order valence-corrected chi connectivity index (χ3v) is 1.40. The monoisotopic (exact) mass is 142 g/mol. The maximum Gasteiger partial charge on any atom is 0.251 e. The summed E-state index contributed by atoms with van der Waals surface area (Å²) in [4.78, 5) is 12.3. The van der Waals surface area contributed by atoms with Crippen LogP contribution in [0.15, 0.2) is 11.8 Å². The fraction of sp³-hybridized carbons (Fsp3) is 0.500. The molecule has 0 aliphatic carbocycles. The molecule has 0 saturated carbocycles. The summed E-state index contributed by atoms with van der Waals surface area (Å²) in [7, 11) is 1.69. The molecule has 0 aromatic rings. The van der Waals surface area contributed by atoms with E-state index < -0.39 is 6.35 Å². The van der Waals surface area contributed by atoms with Crippen molar-refractivity contribution in [2.24, 2.45) is 0 Å². The van der Waals surface area contributed by atoms with Crippen molar-refractivity contribution >= 4 is 5.91 Å². The highest BCUT2D eigenvalue weighted by molar-refractivity contribution is 5.93. The Bertz CT molecular complexity index is 188. The first-order valence-corrected chi connectivity index (χ1v) is 3.00. The van der Waals surface area contributed by atoms with Crippen LogP contribution < -0.4 is 5.32 Å². The lowest BCUT2D eigenvalue weighted by Gasteiger charge is -2.27. The summed E-state index contributed by atoms with van der Waals surface area (Å²) in [5, 5.41) is 11.4. The second-order valence-corrected chi connectivity index (χ2v) is 2.32. The highest BCUT2D eigenvalue weighted by atomic mass is 16.3. The van der Waals surface area contributed by atoms with Gasteiger partial charge in [-0.1, -0.05) is 0 Å². The molecule has 1 rings (SSSR count). The number of rotatable bonds is 0. The van der Waals surface area contributed by atoms with Crippen LogP contribution in [0.4, 0.5) is 0 Å². The van der Waals surface area contributed by atoms with Gasteiger partial charge in [-0.15, -0.1) is 0 Å². The molecule has 10 heavy (non-hydrogen) atoms. The number of carbonyl (C=O) groups excluding carboxylic acids is 1. The van der Waals surface area contributed by atoms with Crippen LogP contribution in [0, 0.1) is 0 Å². The first-order chi connectivity index (χ1) is 4.61. The van der Waals surface area contributed by atoms with Gasteiger partial charge < -0.3 is 15.3 Å². The number of nitrogens with one attached hydrogen (secondary N) is 1. The van der Waals surface area contributed by atoms with E-state index in [9.17, 15) is 4.79 Å². The number of hydrogen-bond acceptors (Lipinski definition) is 3. The molecule has 4 nitrogen and oxygen atoms in total. The Labute approximate surface area is 59.1 Å². The van der Waals surface area contributed by atoms with Crippen molar-refractivity contribution < 1.29 is 9.90 Å². The number of aliphatic hydroxyl groups excluding tert-OH is 1. The first kappa shape index (κ1) is 7.08. The predicted octanol–water partition coefficient (Wildman–Crippen LogP) is -0.772. The Hall–Kier alpha value is -1.03. The molecule has 2 N–H and O–H groups in total. The van der Waals surface area contributed by atoms with Crippen molar-refractivity contribution in [2.75, 3.05) is 7.05 Å². The van der Waals surface area contributed by atoms with Crippen LogP contribution in [0.5, 0.6) is 0 Å². The van der Waals surface area contributed by atoms with Gasteiger partial charge in [0, 0.05) is 18.8 Å². The molecule has 1 heterocycles. The largest absolute Gasteiger partial charge is 0.356 e. The highest BCUT2D eigenvalue weighted by Gasteiger charge is 2.18. The van der Waals surface area contributed by atoms with E-state index in [1.807, 2.05) is 0 Å². The molecule has 4 heteroatoms. The summed E-state index contributed by atoms with van der Waals surface area (Å²) in [6, 6.07) is 0. The molecule has 0 bridgehead atoms. The van der Waals surface area contributed by atoms with E-state index in [-0.39, 0.29) is 5.91 Å². The topological polar surface area (TPSA) is 52.6 Å². The molecule has 56 valence electrons. The Morgan fingerprint density at radius 3 is 2.90 bits per heavy atom. The van der Waals surface area contributed by atoms with Crippen molar-refractivity contribution in [3.63, 3.8) is 0 Å². The van der Waals surface area contributed by atoms with Gasteiger partial charge >= 0.3 is 0 Å². The van der Waals surface area contributed by atoms with Gasteiger partial charge in [0.15, 0.2) is 0 Å². The van der Waals surface area contributed by atoms with Crippen LogP contribution in [-0.4, -0.2) is 29.3 Å². The minimum Gasteiger partial charge on any atom is -0.356 e. The molecule has 1 aliphatic heterocycles. The van der Waals surface area contributed by atoms with E-state index in [2.05, 4.69) is 5.32 Å². The molecule has 1 atom stereocenters. The zero-order valence-corrected chi connectivity index (χ0v) is 5.96. The summed E-state index contributed by atoms with van der Waals surface area (Å²) < 4.78 is 0. The van der Waals surface area contributed by atoms with Gasteiger partial charge in [-0.2, -0.15) is 0 Å². The number of aliphatic hydroxyl groups is 1. The number of amides is 1. The Morgan fingerprint density at radius 2 is 2.40 bits per heavy atom. The van der Waals surface area contributed by atoms with E-state index in [0.29, 0.717) is 5.57 Å². The molecule has 1 amide bonds. The maximum absolute atomic E-state index is 10.8. The molecular weight excluding hydrogens is 132 g/mol. The van der Waals surface area contributed by atoms with Crippen molar-refractivity contribution in [1.29, 1.82) is 0 Å². The average molecular weight is 142 g/mol. The molecule has 1 aliphatic rings. The van der Waals surface area contributed by atoms with Crippen LogP contribution in [0.25, 0.3) is 0 Å². The van der Waals surface area contributed by atoms with Crippen LogP contribution in [0.3, 0.4) is 0 Å². The standard InChI is InChI=1S/C6H10N2O2/c1-4-3-8(2)6(10)7-5(4)9/h3,6,10H,1-2H3,(H,7,9). The third-order valence-electron chi connectivity index (χ3n) is 1.40. The summed E-state index contributed by atoms with van der Waals surface area (Å²) in [6.07, 6.45) is 0.722. The average Bonchev–Trinajstić information content (AvgIpc) is 1.84. The minimum atomic E-state index is -0.879. The van der Waals surface area contributed by atoms with Gasteiger partial charge in [-0.05, 0) is 6.92 Å². The predicted molar refractivity (Wildman–Crippen MR) is 35.7 cm³/mol. The molecule has 0 fully saturated rings. The number of carbonyl (C=O) groups is 1. The molecule has 0 aromatic heterocycles. The zero-order chi connectivity index (χ0) is 7.72. The molecule has 0 spiro atoms. The van der Waals surface area contributed by atoms with E-state index in [0.717, 1.165) is 0 Å². The van der Waals surface area contributed by atoms with Crippen LogP contribution in [-0.2, 0) is 4.79 Å². The quantitative estimate of drug-likeness (QED) is 0.467. The fourth-order valence-electron chi connectivity index (χ4n) is 0.768. The second kappa shape index (κ2) is 2.30. The van der Waals surface area contributed by atoms with Gasteiger partial charge in [0.2, 0.25) is 6.35 Å². The molecule has 0 radical (unpaired) electrons. The third kappa shape index (κ3) is 1.11. The van der Waals surface area contributed by atoms with Crippen molar-refractivity contribution in [1.82, 2.24) is 10.2 Å². The Morgan fingerprint density at radius 1 is 1.80 bits per heavy atom. The lowest BCUT2D eigenvalue weighted by Crippen LogP contribution is -2.48. The summed E-state index contributed by atoms with van der Waals surface area (Å²) in [6.45, 7) is 1.69. The van der Waals surface area contributed by atoms with Crippen LogP contribution in [0.2, 0.25) is 0 Å². The van der Waals surface area contributed by atoms with Crippen molar-refractivity contribution in [3.05, 3.63) is 11.8 Å². The molecule has 1 unspecified atom stereocenters. The van der Waals surface area contributed by atoms with Gasteiger partial charge in [0.25, 0.3) is 5.91 Å². The van der Waals surface area contributed by atoms with Crippen molar-refractivity contribution in [3.8, 4) is 0 Å². The fourth-order valence-corrected chi connectivity index (χ4v) is 0.768. The lowest BCUT2D eigenvalue weighted by molar-refractivity contribution is -0.125. The second-order valence-electron chi connectivity index (χ2n) is 2.32. The molecule has 0 saturated heterocycles. The van der Waals surface area contributed by atoms with Crippen LogP contribution >= 0.6 is 0 Å². The molecular formula is C6H10N2O2. The van der Waals surface area contributed by atoms with E-state index in [4.69, 9.17) is 5.11 Å². The van der Waals surface area contributed by atoms with Gasteiger partial charge in [0.05, 0.1) is 0 Å². The minimum absolute atomic E-state index is 0.217. The number of nitrogens with zero attached hydrogens (tertiary/aromatic N) is 1. The van der Waals surface area contributed by atoms with E-state index >= 15 is 0 Å². The maximum atomic E-state index is 10.8. The summed E-state index contributed by atoms with van der Waals surface area (Å²) in [5.41, 5.74) is 0.604. The molecule has 0 aromatic carbocycles. The summed E-state index contributed by atoms with van der Waals surface area (Å²) in [5.74, 6) is -0.217. The first-order valence-electron chi connectivity index (χ1n) is 3.00. The van der Waals surface area contributed by atoms with Gasteiger partial charge in [-0.3, -0.25) is 4.79 Å². The smallest absolute Gasteiger partial charge is 0.251 e. The Kier molecular flexibility index (Phi) is 1.63. The van der Waals surface area contributed by atoms with E-state index in [1.54, 1.807) is 20.2 Å². The van der Waals surface area contributed by atoms with Gasteiger partial charge in [0.1, 0.15) is 0 Å². The summed E-state index contributed by atoms with van der Waals surface area (Å²) >= 11 is 0. The highest BCUT2D eigenvalue weighted by Crippen LogP contribution is 2.03. The van der Waals surface area contributed by atoms with Gasteiger partial charge in [-0.25, -0.2) is 0 Å². The van der Waals surface area contributed by atoms with E-state index in [1.165, 1.54) is 4.90 Å². The SMILES string of the molecule is CC1=CN(C)C(O)NC1=O. The Balaban J connectivity index is 2.79. The normalized spacial score (nSPS) is 25.9. The lowest BCUT2D eigenvalue weighted by atomic mass is 10.3.